The molecule has 0 saturated carbocycles. The highest BCUT2D eigenvalue weighted by atomic mass is 19.1. The van der Waals surface area contributed by atoms with E-state index in [1.807, 2.05) is 4.90 Å². The molecule has 1 aromatic rings. The van der Waals surface area contributed by atoms with Crippen molar-refractivity contribution >= 4 is 11.8 Å². The van der Waals surface area contributed by atoms with Crippen molar-refractivity contribution in [3.05, 3.63) is 29.8 Å². The summed E-state index contributed by atoms with van der Waals surface area (Å²) >= 11 is 0. The number of likely N-dealkylation sites (N-methyl/N-ethyl adjacent to an activating group) is 1. The highest BCUT2D eigenvalue weighted by Gasteiger charge is 2.22. The van der Waals surface area contributed by atoms with Crippen molar-refractivity contribution in [2.75, 3.05) is 26.7 Å². The van der Waals surface area contributed by atoms with Gasteiger partial charge in [0.2, 0.25) is 11.9 Å². The number of carbonyl (C=O) groups excluding carboxylic acids is 2. The molecule has 2 rings (SSSR count). The Balaban J connectivity index is 1.81. The monoisotopic (exact) mass is 294 g/mol. The number of halogens is 1. The van der Waals surface area contributed by atoms with E-state index < -0.39 is 5.95 Å². The first kappa shape index (κ1) is 15.4. The van der Waals surface area contributed by atoms with E-state index in [1.165, 1.54) is 12.3 Å². The van der Waals surface area contributed by atoms with Gasteiger partial charge in [0.05, 0.1) is 6.54 Å². The van der Waals surface area contributed by atoms with Gasteiger partial charge in [0, 0.05) is 44.0 Å². The molecule has 2 N–H and O–H groups in total. The first-order valence-corrected chi connectivity index (χ1v) is 6.94. The number of piperidine rings is 1. The second-order valence-corrected chi connectivity index (χ2v) is 5.06. The Bertz CT molecular complexity index is 515. The molecule has 0 unspecified atom stereocenters. The summed E-state index contributed by atoms with van der Waals surface area (Å²) in [6, 6.07) is 2.66. The second kappa shape index (κ2) is 7.12. The third-order valence-corrected chi connectivity index (χ3v) is 3.56. The van der Waals surface area contributed by atoms with E-state index in [9.17, 15) is 14.0 Å². The SMILES string of the molecule is CNC(=O)CN1CCC(NC(=O)c2ccnc(F)c2)CC1. The van der Waals surface area contributed by atoms with Crippen LogP contribution in [0.5, 0.6) is 0 Å². The van der Waals surface area contributed by atoms with E-state index in [-0.39, 0.29) is 23.4 Å². The van der Waals surface area contributed by atoms with Gasteiger partial charge in [0.1, 0.15) is 0 Å². The minimum absolute atomic E-state index is 0.00949. The summed E-state index contributed by atoms with van der Waals surface area (Å²) in [6.07, 6.45) is 2.82. The molecule has 0 atom stereocenters. The maximum Gasteiger partial charge on any atom is 0.251 e. The number of hydrogen-bond donors (Lipinski definition) is 2. The van der Waals surface area contributed by atoms with Gasteiger partial charge in [-0.2, -0.15) is 4.39 Å². The van der Waals surface area contributed by atoms with Crippen LogP contribution in [0, 0.1) is 5.95 Å². The quantitative estimate of drug-likeness (QED) is 0.776. The molecule has 2 amide bonds. The summed E-state index contributed by atoms with van der Waals surface area (Å²) in [6.45, 7) is 1.89. The van der Waals surface area contributed by atoms with Crippen molar-refractivity contribution in [3.63, 3.8) is 0 Å². The van der Waals surface area contributed by atoms with E-state index >= 15 is 0 Å². The smallest absolute Gasteiger partial charge is 0.251 e. The van der Waals surface area contributed by atoms with Crippen LogP contribution >= 0.6 is 0 Å². The molecule has 1 aliphatic rings. The van der Waals surface area contributed by atoms with Crippen LogP contribution in [0.15, 0.2) is 18.3 Å². The molecule has 114 valence electrons. The molecule has 2 heterocycles. The van der Waals surface area contributed by atoms with E-state index in [2.05, 4.69) is 15.6 Å². The Morgan fingerprint density at radius 2 is 2.14 bits per heavy atom. The number of likely N-dealkylation sites (tertiary alicyclic amines) is 1. The Morgan fingerprint density at radius 3 is 2.76 bits per heavy atom. The molecule has 21 heavy (non-hydrogen) atoms. The van der Waals surface area contributed by atoms with E-state index in [0.717, 1.165) is 32.0 Å². The molecule has 0 spiro atoms. The molecule has 1 aromatic heterocycles. The Hall–Kier alpha value is -2.02. The summed E-state index contributed by atoms with van der Waals surface area (Å²) in [5.41, 5.74) is 0.273. The number of nitrogens with one attached hydrogen (secondary N) is 2. The number of hydrogen-bond acceptors (Lipinski definition) is 4. The first-order valence-electron chi connectivity index (χ1n) is 6.94. The fraction of sp³-hybridized carbons (Fsp3) is 0.500. The molecule has 0 radical (unpaired) electrons. The molecule has 0 aliphatic carbocycles. The number of pyridine rings is 1. The maximum atomic E-state index is 13.0. The van der Waals surface area contributed by atoms with Crippen molar-refractivity contribution in [2.45, 2.75) is 18.9 Å². The topological polar surface area (TPSA) is 74.3 Å². The third-order valence-electron chi connectivity index (χ3n) is 3.56. The summed E-state index contributed by atoms with van der Waals surface area (Å²) in [7, 11) is 1.61. The lowest BCUT2D eigenvalue weighted by molar-refractivity contribution is -0.122. The van der Waals surface area contributed by atoms with Crippen molar-refractivity contribution in [1.29, 1.82) is 0 Å². The second-order valence-electron chi connectivity index (χ2n) is 5.06. The molecule has 7 heteroatoms. The number of aromatic nitrogens is 1. The normalized spacial score (nSPS) is 16.5. The van der Waals surface area contributed by atoms with Crippen LogP contribution in [0.4, 0.5) is 4.39 Å². The van der Waals surface area contributed by atoms with Crippen molar-refractivity contribution in [3.8, 4) is 0 Å². The number of amides is 2. The molecule has 0 aromatic carbocycles. The van der Waals surface area contributed by atoms with Crippen LogP contribution in [0.1, 0.15) is 23.2 Å². The standard InChI is InChI=1S/C14H19FN4O2/c1-16-13(20)9-19-6-3-11(4-7-19)18-14(21)10-2-5-17-12(15)8-10/h2,5,8,11H,3-4,6-7,9H2,1H3,(H,16,20)(H,18,21). The molecule has 1 saturated heterocycles. The van der Waals surface area contributed by atoms with Crippen LogP contribution in [0.2, 0.25) is 0 Å². The molecule has 1 fully saturated rings. The van der Waals surface area contributed by atoms with Crippen LogP contribution in [0.25, 0.3) is 0 Å². The van der Waals surface area contributed by atoms with Crippen LogP contribution < -0.4 is 10.6 Å². The zero-order valence-corrected chi connectivity index (χ0v) is 11.9. The molecule has 1 aliphatic heterocycles. The van der Waals surface area contributed by atoms with Gasteiger partial charge in [-0.25, -0.2) is 4.98 Å². The van der Waals surface area contributed by atoms with Gasteiger partial charge in [-0.15, -0.1) is 0 Å². The van der Waals surface area contributed by atoms with Gasteiger partial charge >= 0.3 is 0 Å². The van der Waals surface area contributed by atoms with Crippen LogP contribution in [0.3, 0.4) is 0 Å². The fourth-order valence-electron chi connectivity index (χ4n) is 2.33. The Kier molecular flexibility index (Phi) is 5.21. The summed E-state index contributed by atoms with van der Waals surface area (Å²) in [5, 5.41) is 5.48. The predicted molar refractivity (Wildman–Crippen MR) is 75.2 cm³/mol. The fourth-order valence-corrected chi connectivity index (χ4v) is 2.33. The average molecular weight is 294 g/mol. The molecular weight excluding hydrogens is 275 g/mol. The van der Waals surface area contributed by atoms with Crippen molar-refractivity contribution in [1.82, 2.24) is 20.5 Å². The summed E-state index contributed by atoms with van der Waals surface area (Å²) < 4.78 is 13.0. The first-order chi connectivity index (χ1) is 10.1. The van der Waals surface area contributed by atoms with Gasteiger partial charge < -0.3 is 10.6 Å². The minimum atomic E-state index is -0.664. The number of rotatable bonds is 4. The lowest BCUT2D eigenvalue weighted by atomic mass is 10.0. The lowest BCUT2D eigenvalue weighted by Crippen LogP contribution is -2.47. The zero-order chi connectivity index (χ0) is 15.2. The lowest BCUT2D eigenvalue weighted by Gasteiger charge is -2.31. The Morgan fingerprint density at radius 1 is 1.43 bits per heavy atom. The predicted octanol–water partition coefficient (Wildman–Crippen LogP) is 0.161. The number of carbonyl (C=O) groups is 2. The van der Waals surface area contributed by atoms with Gasteiger partial charge in [0.25, 0.3) is 5.91 Å². The van der Waals surface area contributed by atoms with Gasteiger partial charge in [0.15, 0.2) is 0 Å². The van der Waals surface area contributed by atoms with E-state index in [4.69, 9.17) is 0 Å². The number of nitrogens with zero attached hydrogens (tertiary/aromatic N) is 2. The van der Waals surface area contributed by atoms with E-state index in [0.29, 0.717) is 6.54 Å². The van der Waals surface area contributed by atoms with Crippen molar-refractivity contribution < 1.29 is 14.0 Å². The van der Waals surface area contributed by atoms with Crippen LogP contribution in [-0.2, 0) is 4.79 Å². The highest BCUT2D eigenvalue weighted by molar-refractivity contribution is 5.94. The Labute approximate surface area is 122 Å². The van der Waals surface area contributed by atoms with Gasteiger partial charge in [-0.05, 0) is 18.9 Å². The minimum Gasteiger partial charge on any atom is -0.358 e. The van der Waals surface area contributed by atoms with E-state index in [1.54, 1.807) is 7.05 Å². The van der Waals surface area contributed by atoms with Gasteiger partial charge in [-0.1, -0.05) is 0 Å². The van der Waals surface area contributed by atoms with Crippen molar-refractivity contribution in [2.24, 2.45) is 0 Å². The molecular formula is C14H19FN4O2. The zero-order valence-electron chi connectivity index (χ0n) is 11.9. The van der Waals surface area contributed by atoms with Crippen LogP contribution in [-0.4, -0.2) is 54.4 Å². The average Bonchev–Trinajstić information content (AvgIpc) is 2.49. The largest absolute Gasteiger partial charge is 0.358 e. The summed E-state index contributed by atoms with van der Waals surface area (Å²) in [5.74, 6) is -0.964. The summed E-state index contributed by atoms with van der Waals surface area (Å²) in [4.78, 5) is 28.8. The molecule has 6 nitrogen and oxygen atoms in total. The third kappa shape index (κ3) is 4.49. The molecule has 0 bridgehead atoms. The highest BCUT2D eigenvalue weighted by Crippen LogP contribution is 2.11. The maximum absolute atomic E-state index is 13.0. The van der Waals surface area contributed by atoms with Gasteiger partial charge in [-0.3, -0.25) is 14.5 Å².